The van der Waals surface area contributed by atoms with Crippen LogP contribution in [0.25, 0.3) is 0 Å². The minimum Gasteiger partial charge on any atom is -0.110 e. The van der Waals surface area contributed by atoms with Crippen LogP contribution in [0, 0.1) is 0 Å². The lowest BCUT2D eigenvalue weighted by molar-refractivity contribution is 1.14. The van der Waals surface area contributed by atoms with Crippen LogP contribution in [0.1, 0.15) is 54.4 Å². The van der Waals surface area contributed by atoms with Gasteiger partial charge in [0.25, 0.3) is 0 Å². The molecule has 0 saturated carbocycles. The van der Waals surface area contributed by atoms with Crippen LogP contribution >= 0.6 is 0 Å². The summed E-state index contributed by atoms with van der Waals surface area (Å²) in [5.41, 5.74) is 3.73. The van der Waals surface area contributed by atoms with E-state index in [-0.39, 0.29) is 0 Å². The fourth-order valence-corrected chi connectivity index (χ4v) is 16.0. The molecule has 26 heavy (non-hydrogen) atoms. The normalized spacial score (nSPS) is 14.1. The van der Waals surface area contributed by atoms with E-state index in [9.17, 15) is 0 Å². The first kappa shape index (κ1) is 26.3. The van der Waals surface area contributed by atoms with E-state index in [1.165, 1.54) is 38.1 Å². The predicted molar refractivity (Wildman–Crippen MR) is 135 cm³/mol. The van der Waals surface area contributed by atoms with Crippen molar-refractivity contribution in [3.05, 3.63) is 20.6 Å². The van der Waals surface area contributed by atoms with Gasteiger partial charge in [0.05, 0.1) is 26.4 Å². The molecule has 0 atom stereocenters. The van der Waals surface area contributed by atoms with Crippen molar-refractivity contribution in [2.24, 2.45) is 0 Å². The zero-order chi connectivity index (χ0) is 20.4. The molecule has 0 aromatic rings. The van der Waals surface area contributed by atoms with E-state index in [1.54, 1.807) is 0 Å². The van der Waals surface area contributed by atoms with Gasteiger partial charge in [0.2, 0.25) is 0 Å². The van der Waals surface area contributed by atoms with E-state index in [0.29, 0.717) is 0 Å². The second kappa shape index (κ2) is 13.4. The largest absolute Gasteiger partial charge is 0.168 e. The molecule has 0 unspecified atom stereocenters. The highest BCUT2D eigenvalue weighted by molar-refractivity contribution is 7.01. The van der Waals surface area contributed by atoms with E-state index in [0.717, 1.165) is 13.4 Å². The Morgan fingerprint density at radius 2 is 0.808 bits per heavy atom. The topological polar surface area (TPSA) is 0 Å². The fourth-order valence-electron chi connectivity index (χ4n) is 4.90. The van der Waals surface area contributed by atoms with Gasteiger partial charge in [-0.25, -0.2) is 0 Å². The predicted octanol–water partition coefficient (Wildman–Crippen LogP) is 7.34. The van der Waals surface area contributed by atoms with E-state index in [1.807, 2.05) is 20.6 Å². The van der Waals surface area contributed by atoms with Crippen LogP contribution in [0.15, 0.2) is 20.6 Å². The van der Waals surface area contributed by atoms with Crippen molar-refractivity contribution in [2.75, 3.05) is 0 Å². The summed E-state index contributed by atoms with van der Waals surface area (Å²) in [5, 5.41) is 0. The Morgan fingerprint density at radius 3 is 0.962 bits per heavy atom. The lowest BCUT2D eigenvalue weighted by Crippen LogP contribution is -2.37. The molecule has 0 aromatic heterocycles. The van der Waals surface area contributed by atoms with Gasteiger partial charge < -0.3 is 0 Å². The van der Waals surface area contributed by atoms with Gasteiger partial charge >= 0.3 is 0 Å². The van der Waals surface area contributed by atoms with Gasteiger partial charge in [-0.2, -0.15) is 0 Å². The summed E-state index contributed by atoms with van der Waals surface area (Å²) < 4.78 is 0. The number of hydrogen-bond donors (Lipinski definition) is 0. The first-order chi connectivity index (χ1) is 12.2. The van der Waals surface area contributed by atoms with Gasteiger partial charge in [-0.05, 0) is 12.8 Å². The highest BCUT2D eigenvalue weighted by atomic mass is 28.4. The van der Waals surface area contributed by atoms with Gasteiger partial charge in [-0.15, -0.1) is 10.9 Å². The SMILES string of the molecule is CCB(CC)/C(CC)=C(\[Si](C)C)[Si](C)/C(=C(\CC)B(CC)CC)[Si](C)C. The molecule has 0 amide bonds. The second-order valence-electron chi connectivity index (χ2n) is 8.16. The van der Waals surface area contributed by atoms with Crippen LogP contribution in [0.4, 0.5) is 0 Å². The number of allylic oxidation sites excluding steroid dienone is 2. The quantitative estimate of drug-likeness (QED) is 0.299. The van der Waals surface area contributed by atoms with Crippen LogP contribution in [0.2, 0.25) is 58.0 Å². The molecule has 0 rings (SSSR count). The lowest BCUT2D eigenvalue weighted by atomic mass is 9.40. The standard InChI is InChI=1S/C21H45B2Si3/c1-12-18(22(14-3)15-4)20(24(7)8)26(11)21(25(9)10)19(13-2)23(16-5)17-6/h12-17H2,1-11H3/b20-18+,21-19+. The summed E-state index contributed by atoms with van der Waals surface area (Å²) in [6, 6.07) is 0. The third kappa shape index (κ3) is 6.70. The van der Waals surface area contributed by atoms with Crippen LogP contribution in [-0.2, 0) is 0 Å². The molecular formula is C21H45B2Si3. The maximum absolute atomic E-state index is 2.67. The molecule has 0 saturated heterocycles. The summed E-state index contributed by atoms with van der Waals surface area (Å²) in [7, 11) is -1.36. The first-order valence-electron chi connectivity index (χ1n) is 11.2. The van der Waals surface area contributed by atoms with Crippen LogP contribution in [0.5, 0.6) is 0 Å². The van der Waals surface area contributed by atoms with Gasteiger partial charge in [0.1, 0.15) is 0 Å². The van der Waals surface area contributed by atoms with Crippen molar-refractivity contribution in [3.63, 3.8) is 0 Å². The summed E-state index contributed by atoms with van der Waals surface area (Å²) in [6.07, 6.45) is 7.81. The minimum atomic E-state index is -0.566. The Bertz CT molecular complexity index is 420. The van der Waals surface area contributed by atoms with Crippen molar-refractivity contribution in [3.8, 4) is 0 Å². The molecule has 0 aliphatic heterocycles. The zero-order valence-electron chi connectivity index (χ0n) is 19.9. The third-order valence-corrected chi connectivity index (χ3v) is 16.1. The molecule has 0 spiro atoms. The van der Waals surface area contributed by atoms with Crippen molar-refractivity contribution < 1.29 is 0 Å². The van der Waals surface area contributed by atoms with Crippen molar-refractivity contribution >= 4 is 39.8 Å². The zero-order valence-corrected chi connectivity index (χ0v) is 22.9. The molecule has 5 heteroatoms. The molecule has 0 aromatic carbocycles. The van der Waals surface area contributed by atoms with Crippen molar-refractivity contribution in [1.29, 1.82) is 0 Å². The maximum Gasteiger partial charge on any atom is 0.168 e. The van der Waals surface area contributed by atoms with E-state index >= 15 is 0 Å². The molecule has 0 aliphatic carbocycles. The Kier molecular flexibility index (Phi) is 13.6. The highest BCUT2D eigenvalue weighted by Gasteiger charge is 2.30. The Morgan fingerprint density at radius 1 is 0.538 bits per heavy atom. The first-order valence-corrected chi connectivity index (χ1v) is 18.2. The Labute approximate surface area is 172 Å². The summed E-state index contributed by atoms with van der Waals surface area (Å²) in [6.45, 7) is 29.0. The molecule has 0 nitrogen and oxygen atoms in total. The van der Waals surface area contributed by atoms with Gasteiger partial charge in [0, 0.05) is 0 Å². The molecule has 0 bridgehead atoms. The highest BCUT2D eigenvalue weighted by Crippen LogP contribution is 2.30. The van der Waals surface area contributed by atoms with Gasteiger partial charge in [-0.1, -0.05) is 109 Å². The number of rotatable bonds is 12. The monoisotopic (exact) mass is 403 g/mol. The molecule has 147 valence electrons. The molecule has 3 radical (unpaired) electrons. The van der Waals surface area contributed by atoms with Crippen LogP contribution in [0.3, 0.4) is 0 Å². The van der Waals surface area contributed by atoms with E-state index in [2.05, 4.69) is 74.3 Å². The molecule has 0 heterocycles. The molecule has 0 N–H and O–H groups in total. The third-order valence-electron chi connectivity index (χ3n) is 6.11. The summed E-state index contributed by atoms with van der Waals surface area (Å²) >= 11 is 0. The van der Waals surface area contributed by atoms with Gasteiger partial charge in [-0.3, -0.25) is 0 Å². The minimum absolute atomic E-state index is 0.397. The molecule has 0 fully saturated rings. The second-order valence-corrected chi connectivity index (χ2v) is 16.4. The summed E-state index contributed by atoms with van der Waals surface area (Å²) in [5.74, 6) is 0. The molecular weight excluding hydrogens is 358 g/mol. The van der Waals surface area contributed by atoms with E-state index in [4.69, 9.17) is 0 Å². The molecule has 0 aliphatic rings. The van der Waals surface area contributed by atoms with Gasteiger partial charge in [0.15, 0.2) is 13.4 Å². The Balaban J connectivity index is 6.57. The number of hydrogen-bond acceptors (Lipinski definition) is 0. The lowest BCUT2D eigenvalue weighted by Gasteiger charge is -2.32. The average molecular weight is 403 g/mol. The fraction of sp³-hybridized carbons (Fsp3) is 0.810. The van der Waals surface area contributed by atoms with Crippen LogP contribution in [-0.4, -0.2) is 39.8 Å². The van der Waals surface area contributed by atoms with E-state index < -0.39 is 26.4 Å². The Hall–Kier alpha value is 0.261. The maximum atomic E-state index is 2.67. The summed E-state index contributed by atoms with van der Waals surface area (Å²) in [4.78, 5) is 3.96. The average Bonchev–Trinajstić information content (AvgIpc) is 2.60. The van der Waals surface area contributed by atoms with Crippen molar-refractivity contribution in [2.45, 2.75) is 112 Å². The smallest absolute Gasteiger partial charge is 0.110 e. The van der Waals surface area contributed by atoms with Crippen molar-refractivity contribution in [1.82, 2.24) is 0 Å². The van der Waals surface area contributed by atoms with Crippen LogP contribution < -0.4 is 0 Å².